The molecular formula is C16H13FN2O2S. The molecule has 0 radical (unpaired) electrons. The van der Waals surface area contributed by atoms with Crippen LogP contribution in [0.4, 0.5) is 4.39 Å². The molecule has 3 rings (SSSR count). The van der Waals surface area contributed by atoms with Crippen LogP contribution in [0.25, 0.3) is 10.2 Å². The summed E-state index contributed by atoms with van der Waals surface area (Å²) in [6, 6.07) is 11.6. The van der Waals surface area contributed by atoms with Crippen LogP contribution in [0.1, 0.15) is 15.4 Å². The number of hydrogen-bond acceptors (Lipinski definition) is 4. The molecule has 0 unspecified atom stereocenters. The van der Waals surface area contributed by atoms with Gasteiger partial charge in [-0.25, -0.2) is 9.37 Å². The zero-order valence-corrected chi connectivity index (χ0v) is 12.6. The number of carbonyl (C=O) groups is 1. The van der Waals surface area contributed by atoms with Gasteiger partial charge >= 0.3 is 0 Å². The monoisotopic (exact) mass is 316 g/mol. The zero-order chi connectivity index (χ0) is 15.5. The number of amides is 1. The van der Waals surface area contributed by atoms with Gasteiger partial charge in [0.25, 0.3) is 5.91 Å². The fraction of sp³-hybridized carbons (Fsp3) is 0.125. The number of methoxy groups -OCH3 is 1. The molecule has 2 aromatic carbocycles. The minimum Gasteiger partial charge on any atom is -0.496 e. The molecule has 0 saturated heterocycles. The number of carbonyl (C=O) groups excluding carboxylic acids is 1. The van der Waals surface area contributed by atoms with E-state index < -0.39 is 11.7 Å². The van der Waals surface area contributed by atoms with Crippen LogP contribution in [0, 0.1) is 5.82 Å². The van der Waals surface area contributed by atoms with Gasteiger partial charge in [-0.05, 0) is 30.3 Å². The van der Waals surface area contributed by atoms with Crippen LogP contribution in [-0.2, 0) is 6.54 Å². The van der Waals surface area contributed by atoms with Gasteiger partial charge in [0.2, 0.25) is 0 Å². The third-order valence-corrected chi connectivity index (χ3v) is 4.18. The van der Waals surface area contributed by atoms with Crippen LogP contribution in [0.15, 0.2) is 42.5 Å². The van der Waals surface area contributed by atoms with Gasteiger partial charge in [0.1, 0.15) is 16.6 Å². The lowest BCUT2D eigenvalue weighted by molar-refractivity contribution is 0.0947. The van der Waals surface area contributed by atoms with Gasteiger partial charge < -0.3 is 10.1 Å². The van der Waals surface area contributed by atoms with Crippen molar-refractivity contribution in [2.75, 3.05) is 7.11 Å². The lowest BCUT2D eigenvalue weighted by atomic mass is 10.2. The van der Waals surface area contributed by atoms with E-state index in [0.29, 0.717) is 5.75 Å². The van der Waals surface area contributed by atoms with Crippen molar-refractivity contribution in [1.29, 1.82) is 0 Å². The summed E-state index contributed by atoms with van der Waals surface area (Å²) in [5, 5.41) is 3.54. The normalized spacial score (nSPS) is 10.6. The second-order valence-corrected chi connectivity index (χ2v) is 5.72. The van der Waals surface area contributed by atoms with Crippen LogP contribution >= 0.6 is 11.3 Å². The molecule has 0 spiro atoms. The molecule has 1 heterocycles. The molecule has 1 amide bonds. The van der Waals surface area contributed by atoms with Gasteiger partial charge in [-0.15, -0.1) is 11.3 Å². The maximum Gasteiger partial charge on any atom is 0.255 e. The number of thiazole rings is 1. The largest absolute Gasteiger partial charge is 0.496 e. The highest BCUT2D eigenvalue weighted by Gasteiger charge is 2.14. The summed E-state index contributed by atoms with van der Waals surface area (Å²) in [6.07, 6.45) is 0. The molecule has 0 aliphatic heterocycles. The molecule has 3 aromatic rings. The first-order valence-corrected chi connectivity index (χ1v) is 7.45. The van der Waals surface area contributed by atoms with Gasteiger partial charge in [0.05, 0.1) is 29.4 Å². The number of nitrogens with zero attached hydrogens (tertiary/aromatic N) is 1. The molecule has 22 heavy (non-hydrogen) atoms. The molecule has 0 fully saturated rings. The van der Waals surface area contributed by atoms with Crippen LogP contribution in [0.5, 0.6) is 5.75 Å². The Morgan fingerprint density at radius 1 is 1.32 bits per heavy atom. The molecule has 4 nitrogen and oxygen atoms in total. The SMILES string of the molecule is COc1ccc(F)cc1C(=O)NCc1nc2ccccc2s1. The summed E-state index contributed by atoms with van der Waals surface area (Å²) < 4.78 is 19.4. The van der Waals surface area contributed by atoms with Gasteiger partial charge in [-0.1, -0.05) is 12.1 Å². The Morgan fingerprint density at radius 2 is 2.14 bits per heavy atom. The number of rotatable bonds is 4. The average Bonchev–Trinajstić information content (AvgIpc) is 2.95. The minimum atomic E-state index is -0.481. The van der Waals surface area contributed by atoms with Crippen LogP contribution in [0.3, 0.4) is 0 Å². The van der Waals surface area contributed by atoms with Crippen molar-refractivity contribution in [3.8, 4) is 5.75 Å². The smallest absolute Gasteiger partial charge is 0.255 e. The Bertz CT molecular complexity index is 799. The molecule has 112 valence electrons. The van der Waals surface area contributed by atoms with E-state index in [9.17, 15) is 9.18 Å². The number of fused-ring (bicyclic) bond motifs is 1. The topological polar surface area (TPSA) is 51.2 Å². The molecule has 0 aliphatic carbocycles. The van der Waals surface area contributed by atoms with Crippen molar-refractivity contribution in [2.24, 2.45) is 0 Å². The molecule has 1 N–H and O–H groups in total. The number of aromatic nitrogens is 1. The van der Waals surface area contributed by atoms with Gasteiger partial charge in [-0.2, -0.15) is 0 Å². The van der Waals surface area contributed by atoms with E-state index in [1.165, 1.54) is 30.6 Å². The summed E-state index contributed by atoms with van der Waals surface area (Å²) in [5.41, 5.74) is 1.07. The van der Waals surface area contributed by atoms with E-state index in [-0.39, 0.29) is 12.1 Å². The minimum absolute atomic E-state index is 0.170. The lowest BCUT2D eigenvalue weighted by Gasteiger charge is -2.08. The Labute approximate surface area is 130 Å². The Balaban J connectivity index is 1.76. The molecule has 1 aromatic heterocycles. The van der Waals surface area contributed by atoms with Gasteiger partial charge in [0, 0.05) is 0 Å². The van der Waals surface area contributed by atoms with Crippen molar-refractivity contribution >= 4 is 27.5 Å². The third-order valence-electron chi connectivity index (χ3n) is 3.14. The fourth-order valence-corrected chi connectivity index (χ4v) is 3.01. The first-order valence-electron chi connectivity index (χ1n) is 6.63. The maximum absolute atomic E-state index is 13.3. The lowest BCUT2D eigenvalue weighted by Crippen LogP contribution is -2.23. The highest BCUT2D eigenvalue weighted by Crippen LogP contribution is 2.22. The Hall–Kier alpha value is -2.47. The summed E-state index contributed by atoms with van der Waals surface area (Å²) in [6.45, 7) is 0.290. The highest BCUT2D eigenvalue weighted by molar-refractivity contribution is 7.18. The number of benzene rings is 2. The average molecular weight is 316 g/mol. The van der Waals surface area contributed by atoms with Crippen LogP contribution in [-0.4, -0.2) is 18.0 Å². The maximum atomic E-state index is 13.3. The van der Waals surface area contributed by atoms with Crippen molar-refractivity contribution in [3.05, 3.63) is 58.9 Å². The molecule has 6 heteroatoms. The van der Waals surface area contributed by atoms with Crippen molar-refractivity contribution in [1.82, 2.24) is 10.3 Å². The van der Waals surface area contributed by atoms with Gasteiger partial charge in [0.15, 0.2) is 0 Å². The quantitative estimate of drug-likeness (QED) is 0.803. The molecule has 0 aliphatic rings. The number of halogens is 1. The third kappa shape index (κ3) is 2.92. The van der Waals surface area contributed by atoms with Gasteiger partial charge in [-0.3, -0.25) is 4.79 Å². The Morgan fingerprint density at radius 3 is 2.91 bits per heavy atom. The molecule has 0 bridgehead atoms. The van der Waals surface area contributed by atoms with E-state index in [4.69, 9.17) is 4.74 Å². The number of hydrogen-bond donors (Lipinski definition) is 1. The van der Waals surface area contributed by atoms with Crippen molar-refractivity contribution in [2.45, 2.75) is 6.54 Å². The van der Waals surface area contributed by atoms with Crippen molar-refractivity contribution < 1.29 is 13.9 Å². The summed E-state index contributed by atoms with van der Waals surface area (Å²) in [4.78, 5) is 16.6. The first-order chi connectivity index (χ1) is 10.7. The highest BCUT2D eigenvalue weighted by atomic mass is 32.1. The van der Waals surface area contributed by atoms with Crippen LogP contribution < -0.4 is 10.1 Å². The second-order valence-electron chi connectivity index (χ2n) is 4.60. The number of para-hydroxylation sites is 1. The van der Waals surface area contributed by atoms with E-state index in [0.717, 1.165) is 21.3 Å². The van der Waals surface area contributed by atoms with Crippen molar-refractivity contribution in [3.63, 3.8) is 0 Å². The molecule has 0 saturated carbocycles. The van der Waals surface area contributed by atoms with E-state index in [1.54, 1.807) is 0 Å². The predicted octanol–water partition coefficient (Wildman–Crippen LogP) is 3.37. The van der Waals surface area contributed by atoms with E-state index in [2.05, 4.69) is 10.3 Å². The number of ether oxygens (including phenoxy) is 1. The molecular weight excluding hydrogens is 303 g/mol. The fourth-order valence-electron chi connectivity index (χ4n) is 2.10. The standard InChI is InChI=1S/C16H13FN2O2S/c1-21-13-7-6-10(17)8-11(13)16(20)18-9-15-19-12-4-2-3-5-14(12)22-15/h2-8H,9H2,1H3,(H,18,20). The zero-order valence-electron chi connectivity index (χ0n) is 11.8. The van der Waals surface area contributed by atoms with E-state index in [1.807, 2.05) is 24.3 Å². The first kappa shape index (κ1) is 14.5. The van der Waals surface area contributed by atoms with E-state index >= 15 is 0 Å². The predicted molar refractivity (Wildman–Crippen MR) is 83.7 cm³/mol. The summed E-state index contributed by atoms with van der Waals surface area (Å²) in [7, 11) is 1.44. The van der Waals surface area contributed by atoms with Crippen LogP contribution in [0.2, 0.25) is 0 Å². The summed E-state index contributed by atoms with van der Waals surface area (Å²) >= 11 is 1.52. The molecule has 0 atom stereocenters. The Kier molecular flexibility index (Phi) is 4.02. The second kappa shape index (κ2) is 6.11. The summed E-state index contributed by atoms with van der Waals surface area (Å²) in [5.74, 6) is -0.537. The number of nitrogens with one attached hydrogen (secondary N) is 1.